The summed E-state index contributed by atoms with van der Waals surface area (Å²) in [6.45, 7) is 0.623. The van der Waals surface area contributed by atoms with E-state index in [4.69, 9.17) is 5.11 Å². The fourth-order valence-electron chi connectivity index (χ4n) is 0.551. The number of methoxy groups -OCH3 is 1. The third kappa shape index (κ3) is 21.4. The molecule has 0 rings (SSSR count). The number of carbonyl (C=O) groups is 1. The zero-order chi connectivity index (χ0) is 17.8. The molecule has 0 aromatic carbocycles. The number of carbonyl (C=O) groups excluding carboxylic acids is 1. The highest BCUT2D eigenvalue weighted by Gasteiger charge is 2.20. The maximum absolute atomic E-state index is 10.2. The molecule has 0 aliphatic rings. The Morgan fingerprint density at radius 1 is 1.00 bits per heavy atom. The van der Waals surface area contributed by atoms with Crippen LogP contribution in [0.2, 0.25) is 0 Å². The summed E-state index contributed by atoms with van der Waals surface area (Å²) in [5.41, 5.74) is 0. The van der Waals surface area contributed by atoms with E-state index in [1.165, 1.54) is 0 Å². The Kier molecular flexibility index (Phi) is 23.6. The van der Waals surface area contributed by atoms with Crippen molar-refractivity contribution in [3.05, 3.63) is 0 Å². The van der Waals surface area contributed by atoms with Crippen molar-refractivity contribution >= 4 is 97.6 Å². The van der Waals surface area contributed by atoms with Crippen LogP contribution < -0.4 is 4.72 Å². The van der Waals surface area contributed by atoms with Crippen LogP contribution in [0, 0.1) is 0 Å². The van der Waals surface area contributed by atoms with Gasteiger partial charge in [0, 0.05) is 7.11 Å². The summed E-state index contributed by atoms with van der Waals surface area (Å²) in [6, 6.07) is 0. The molecule has 6 unspecified atom stereocenters. The minimum absolute atomic E-state index is 0.130. The van der Waals surface area contributed by atoms with Gasteiger partial charge in [0.1, 0.15) is 0 Å². The minimum Gasteiger partial charge on any atom is -0.452 e. The van der Waals surface area contributed by atoms with Crippen molar-refractivity contribution in [3.8, 4) is 0 Å². The second-order valence-corrected chi connectivity index (χ2v) is 41.1. The SMILES string of the molecule is CO.COC(=O)NS(C)(=O)=O.PP(P)P(P(P)P)P(P)P. The van der Waals surface area contributed by atoms with E-state index in [2.05, 4.69) is 58.3 Å². The van der Waals surface area contributed by atoms with E-state index in [0.717, 1.165) is 20.5 Å². The normalized spacial score (nSPS) is 10.8. The van der Waals surface area contributed by atoms with Crippen molar-refractivity contribution in [2.45, 2.75) is 0 Å². The largest absolute Gasteiger partial charge is 0.452 e. The Labute approximate surface area is 145 Å². The smallest absolute Gasteiger partial charge is 0.420 e. The van der Waals surface area contributed by atoms with Crippen LogP contribution >= 0.6 is 81.5 Å². The average Bonchev–Trinajstić information content (AvgIpc) is 2.28. The Morgan fingerprint density at radius 3 is 1.33 bits per heavy atom. The first-order valence-electron chi connectivity index (χ1n) is 4.61. The first-order valence-corrected chi connectivity index (χ1v) is 23.7. The Hall–Kier alpha value is 3.48. The van der Waals surface area contributed by atoms with Crippen molar-refractivity contribution in [1.82, 2.24) is 4.72 Å². The number of sulfonamides is 1. The summed E-state index contributed by atoms with van der Waals surface area (Å²) in [7, 11) is 16.3. The quantitative estimate of drug-likeness (QED) is 0.554. The van der Waals surface area contributed by atoms with Crippen LogP contribution in [0.15, 0.2) is 0 Å². The van der Waals surface area contributed by atoms with Crippen LogP contribution in [0.5, 0.6) is 0 Å². The maximum Gasteiger partial charge on any atom is 0.420 e. The lowest BCUT2D eigenvalue weighted by atomic mass is 11.2. The second kappa shape index (κ2) is 16.9. The third-order valence-corrected chi connectivity index (χ3v) is 51.2. The van der Waals surface area contributed by atoms with E-state index in [1.54, 1.807) is 4.72 Å². The van der Waals surface area contributed by atoms with E-state index >= 15 is 0 Å². The van der Waals surface area contributed by atoms with Crippen LogP contribution in [0.3, 0.4) is 0 Å². The molecule has 1 amide bonds. The van der Waals surface area contributed by atoms with Gasteiger partial charge >= 0.3 is 6.09 Å². The van der Waals surface area contributed by atoms with E-state index in [-0.39, 0.29) is 27.9 Å². The molecule has 0 aromatic rings. The molecular formula is C4H23NO5P10S. The molecule has 0 fully saturated rings. The van der Waals surface area contributed by atoms with Crippen molar-refractivity contribution in [1.29, 1.82) is 0 Å². The van der Waals surface area contributed by atoms with Gasteiger partial charge in [0.2, 0.25) is 10.0 Å². The highest BCUT2D eigenvalue weighted by molar-refractivity contribution is 9.16. The molecule has 0 radical (unpaired) electrons. The summed E-state index contributed by atoms with van der Waals surface area (Å²) in [6.07, 6.45) is -0.110. The summed E-state index contributed by atoms with van der Waals surface area (Å²) in [5, 5.41) is 7.00. The van der Waals surface area contributed by atoms with Gasteiger partial charge in [-0.25, -0.2) is 17.9 Å². The number of nitrogens with one attached hydrogen (secondary N) is 1. The Morgan fingerprint density at radius 2 is 1.29 bits per heavy atom. The van der Waals surface area contributed by atoms with Gasteiger partial charge in [0.25, 0.3) is 0 Å². The zero-order valence-corrected chi connectivity index (χ0v) is 23.1. The number of hydrogen-bond donors (Lipinski definition) is 2. The third-order valence-electron chi connectivity index (χ3n) is 1.07. The highest BCUT2D eigenvalue weighted by atomic mass is 33.2. The number of aliphatic hydroxyl groups is 1. The predicted octanol–water partition coefficient (Wildman–Crippen LogP) is 4.31. The van der Waals surface area contributed by atoms with Gasteiger partial charge in [-0.2, -0.15) is 0 Å². The monoisotopic (exact) mass is 507 g/mol. The molecule has 0 bridgehead atoms. The van der Waals surface area contributed by atoms with Crippen molar-refractivity contribution < 1.29 is 23.1 Å². The highest BCUT2D eigenvalue weighted by Crippen LogP contribution is 3.10. The average molecular weight is 507 g/mol. The molecule has 0 saturated carbocycles. The van der Waals surface area contributed by atoms with Crippen LogP contribution in [0.25, 0.3) is 0 Å². The molecule has 6 atom stereocenters. The van der Waals surface area contributed by atoms with Crippen molar-refractivity contribution in [2.75, 3.05) is 20.5 Å². The summed E-state index contributed by atoms with van der Waals surface area (Å²) >= 11 is 0. The molecule has 0 saturated heterocycles. The van der Waals surface area contributed by atoms with Gasteiger partial charge in [0.15, 0.2) is 0 Å². The van der Waals surface area contributed by atoms with Crippen LogP contribution in [-0.4, -0.2) is 40.1 Å². The summed E-state index contributed by atoms with van der Waals surface area (Å²) < 4.78 is 26.0. The first kappa shape index (κ1) is 29.3. The van der Waals surface area contributed by atoms with E-state index in [9.17, 15) is 13.2 Å². The van der Waals surface area contributed by atoms with Gasteiger partial charge in [-0.15, -0.1) is 53.6 Å². The minimum atomic E-state index is -3.46. The lowest BCUT2D eigenvalue weighted by Gasteiger charge is -2.27. The van der Waals surface area contributed by atoms with E-state index < -0.39 is 16.1 Å². The fourth-order valence-corrected chi connectivity index (χ4v) is 87.5. The van der Waals surface area contributed by atoms with Gasteiger partial charge in [-0.05, 0) is 27.9 Å². The molecule has 0 aliphatic carbocycles. The zero-order valence-electron chi connectivity index (χ0n) is 11.7. The summed E-state index contributed by atoms with van der Waals surface area (Å²) in [5.74, 6) is 0. The number of amides is 1. The van der Waals surface area contributed by atoms with Gasteiger partial charge in [-0.1, -0.05) is 0 Å². The molecule has 0 aromatic heterocycles. The van der Waals surface area contributed by atoms with Crippen LogP contribution in [0.1, 0.15) is 0 Å². The van der Waals surface area contributed by atoms with Crippen molar-refractivity contribution in [2.24, 2.45) is 0 Å². The predicted molar refractivity (Wildman–Crippen MR) is 124 cm³/mol. The Balaban J connectivity index is -0.000000277. The molecule has 0 spiro atoms. The molecular weight excluding hydrogens is 484 g/mol. The Bertz CT molecular complexity index is 343. The molecule has 2 N–H and O–H groups in total. The van der Waals surface area contributed by atoms with Crippen LogP contribution in [0.4, 0.5) is 4.79 Å². The molecule has 0 heterocycles. The lowest BCUT2D eigenvalue weighted by molar-refractivity contribution is 0.178. The van der Waals surface area contributed by atoms with E-state index in [1.807, 2.05) is 0 Å². The van der Waals surface area contributed by atoms with Crippen LogP contribution in [-0.2, 0) is 14.8 Å². The van der Waals surface area contributed by atoms with Gasteiger partial charge < -0.3 is 9.84 Å². The number of rotatable bonds is 4. The number of ether oxygens (including phenoxy) is 1. The number of aliphatic hydroxyl groups excluding tert-OH is 1. The lowest BCUT2D eigenvalue weighted by Crippen LogP contribution is -2.28. The van der Waals surface area contributed by atoms with Gasteiger partial charge in [0.05, 0.1) is 13.4 Å². The molecule has 130 valence electrons. The molecule has 0 aliphatic heterocycles. The standard InChI is InChI=1S/C3H7NO4S.CH4O.H12P10/c1-8-3(5)4-9(2,6)7;1-2;1-7(2)10(8(3)4)9(5)6/h1-2H3,(H,4,5);2H,1H3;1-6H2. The molecule has 6 nitrogen and oxygen atoms in total. The van der Waals surface area contributed by atoms with Gasteiger partial charge in [-0.3, -0.25) is 0 Å². The van der Waals surface area contributed by atoms with Crippen molar-refractivity contribution in [3.63, 3.8) is 0 Å². The molecule has 17 heteroatoms. The number of hydrogen-bond acceptors (Lipinski definition) is 5. The first-order chi connectivity index (χ1) is 9.42. The van der Waals surface area contributed by atoms with E-state index in [0.29, 0.717) is 0 Å². The second-order valence-electron chi connectivity index (χ2n) is 2.77. The maximum atomic E-state index is 10.2. The summed E-state index contributed by atoms with van der Waals surface area (Å²) in [4.78, 5) is 10.1. The topological polar surface area (TPSA) is 92.7 Å². The fraction of sp³-hybridized carbons (Fsp3) is 0.750. The molecule has 21 heavy (non-hydrogen) atoms.